The fraction of sp³-hybridized carbons (Fsp3) is 0.143. The molecule has 0 aliphatic heterocycles. The van der Waals surface area contributed by atoms with Crippen LogP contribution in [0.1, 0.15) is 16.7 Å². The van der Waals surface area contributed by atoms with Crippen molar-refractivity contribution in [3.8, 4) is 0 Å². The van der Waals surface area contributed by atoms with Gasteiger partial charge in [-0.3, -0.25) is 4.21 Å². The van der Waals surface area contributed by atoms with Gasteiger partial charge in [0.25, 0.3) is 0 Å². The molecule has 0 amide bonds. The summed E-state index contributed by atoms with van der Waals surface area (Å²) in [7, 11) is -1.32. The molecule has 0 aliphatic carbocycles. The lowest BCUT2D eigenvalue weighted by molar-refractivity contribution is 0.106. The van der Waals surface area contributed by atoms with Gasteiger partial charge in [-0.2, -0.15) is 0 Å². The lowest BCUT2D eigenvalue weighted by atomic mass is 9.88. The number of halogens is 3. The summed E-state index contributed by atoms with van der Waals surface area (Å²) in [6.45, 7) is 0. The van der Waals surface area contributed by atoms with Crippen LogP contribution in [0, 0.1) is 0 Å². The van der Waals surface area contributed by atoms with Crippen LogP contribution in [0.3, 0.4) is 0 Å². The molecule has 1 atom stereocenters. The zero-order valence-corrected chi connectivity index (χ0v) is 17.3. The van der Waals surface area contributed by atoms with Gasteiger partial charge in [0, 0.05) is 31.6 Å². The highest BCUT2D eigenvalue weighted by Gasteiger charge is 2.33. The maximum atomic E-state index is 12.9. The Hall–Kier alpha value is -1.36. The van der Waals surface area contributed by atoms with E-state index in [9.17, 15) is 9.32 Å². The van der Waals surface area contributed by atoms with Gasteiger partial charge in [-0.05, 0) is 53.1 Å². The standard InChI is InChI=1S/C21H17Cl3O2S/c22-18-7-1-15(2-8-18)13-27(26)14-21(25,16-3-9-19(23)10-4-16)17-5-11-20(24)12-6-17/h1-12,25H,13-14H2. The van der Waals surface area contributed by atoms with Crippen molar-refractivity contribution >= 4 is 45.6 Å². The van der Waals surface area contributed by atoms with Gasteiger partial charge >= 0.3 is 0 Å². The second kappa shape index (κ2) is 8.76. The fourth-order valence-electron chi connectivity index (χ4n) is 2.84. The maximum Gasteiger partial charge on any atom is 0.126 e. The van der Waals surface area contributed by atoms with E-state index < -0.39 is 16.4 Å². The van der Waals surface area contributed by atoms with Gasteiger partial charge in [0.05, 0.1) is 5.75 Å². The van der Waals surface area contributed by atoms with Gasteiger partial charge in [-0.25, -0.2) is 0 Å². The Morgan fingerprint density at radius 1 is 0.704 bits per heavy atom. The molecular formula is C21H17Cl3O2S. The lowest BCUT2D eigenvalue weighted by Gasteiger charge is -2.29. The number of benzene rings is 3. The van der Waals surface area contributed by atoms with Gasteiger partial charge in [-0.15, -0.1) is 0 Å². The second-order valence-electron chi connectivity index (χ2n) is 6.23. The Bertz CT molecular complexity index is 878. The second-order valence-corrected chi connectivity index (χ2v) is 9.00. The average molecular weight is 440 g/mol. The first-order valence-corrected chi connectivity index (χ1v) is 10.8. The topological polar surface area (TPSA) is 37.3 Å². The highest BCUT2D eigenvalue weighted by Crippen LogP contribution is 2.33. The molecular weight excluding hydrogens is 423 g/mol. The number of hydrogen-bond donors (Lipinski definition) is 1. The third-order valence-electron chi connectivity index (χ3n) is 4.25. The Morgan fingerprint density at radius 2 is 1.07 bits per heavy atom. The molecule has 1 N–H and O–H groups in total. The van der Waals surface area contributed by atoms with Crippen LogP contribution in [0.5, 0.6) is 0 Å². The zero-order valence-electron chi connectivity index (χ0n) is 14.2. The Morgan fingerprint density at radius 3 is 1.48 bits per heavy atom. The van der Waals surface area contributed by atoms with E-state index in [1.54, 1.807) is 60.7 Å². The van der Waals surface area contributed by atoms with Gasteiger partial charge in [0.2, 0.25) is 0 Å². The van der Waals surface area contributed by atoms with E-state index in [-0.39, 0.29) is 5.75 Å². The van der Waals surface area contributed by atoms with Crippen LogP contribution < -0.4 is 0 Å². The summed E-state index contributed by atoms with van der Waals surface area (Å²) >= 11 is 17.9. The normalized spacial score (nSPS) is 12.7. The molecule has 3 aromatic carbocycles. The van der Waals surface area contributed by atoms with Crippen molar-refractivity contribution in [3.63, 3.8) is 0 Å². The minimum absolute atomic E-state index is 0.0406. The fourth-order valence-corrected chi connectivity index (χ4v) is 4.68. The molecule has 0 saturated carbocycles. The number of hydrogen-bond acceptors (Lipinski definition) is 2. The molecule has 0 radical (unpaired) electrons. The van der Waals surface area contributed by atoms with Gasteiger partial charge in [0.15, 0.2) is 0 Å². The Labute approximate surface area is 176 Å². The molecule has 0 aliphatic rings. The molecule has 0 aromatic heterocycles. The minimum atomic E-state index is -1.42. The largest absolute Gasteiger partial charge is 0.379 e. The molecule has 0 spiro atoms. The maximum absolute atomic E-state index is 12.9. The van der Waals surface area contributed by atoms with Gasteiger partial charge < -0.3 is 5.11 Å². The molecule has 2 nitrogen and oxygen atoms in total. The van der Waals surface area contributed by atoms with E-state index in [1.807, 2.05) is 12.1 Å². The molecule has 3 aromatic rings. The van der Waals surface area contributed by atoms with Crippen molar-refractivity contribution in [3.05, 3.63) is 105 Å². The van der Waals surface area contributed by atoms with Crippen molar-refractivity contribution in [2.24, 2.45) is 0 Å². The average Bonchev–Trinajstić information content (AvgIpc) is 2.64. The molecule has 27 heavy (non-hydrogen) atoms. The van der Waals surface area contributed by atoms with Crippen LogP contribution in [-0.2, 0) is 22.2 Å². The van der Waals surface area contributed by atoms with Crippen LogP contribution in [0.2, 0.25) is 15.1 Å². The van der Waals surface area contributed by atoms with E-state index in [0.29, 0.717) is 31.9 Å². The Balaban J connectivity index is 1.91. The van der Waals surface area contributed by atoms with Gasteiger partial charge in [-0.1, -0.05) is 71.2 Å². The molecule has 0 bridgehead atoms. The summed E-state index contributed by atoms with van der Waals surface area (Å²) in [5.74, 6) is 0.361. The van der Waals surface area contributed by atoms with Crippen LogP contribution in [-0.4, -0.2) is 15.1 Å². The summed E-state index contributed by atoms with van der Waals surface area (Å²) in [5, 5.41) is 13.3. The molecule has 6 heteroatoms. The van der Waals surface area contributed by atoms with E-state index in [2.05, 4.69) is 0 Å². The zero-order chi connectivity index (χ0) is 19.4. The van der Waals surface area contributed by atoms with Crippen molar-refractivity contribution in [2.75, 3.05) is 5.75 Å². The van der Waals surface area contributed by atoms with Crippen molar-refractivity contribution in [2.45, 2.75) is 11.4 Å². The summed E-state index contributed by atoms with van der Waals surface area (Å²) in [5.41, 5.74) is 0.719. The molecule has 0 fully saturated rings. The lowest BCUT2D eigenvalue weighted by Crippen LogP contribution is -2.34. The predicted octanol–water partition coefficient (Wildman–Crippen LogP) is 5.83. The molecule has 0 heterocycles. The molecule has 0 saturated heterocycles. The summed E-state index contributed by atoms with van der Waals surface area (Å²) in [4.78, 5) is 0. The third kappa shape index (κ3) is 5.13. The van der Waals surface area contributed by atoms with Crippen LogP contribution >= 0.6 is 34.8 Å². The highest BCUT2D eigenvalue weighted by molar-refractivity contribution is 7.84. The molecule has 1 unspecified atom stereocenters. The van der Waals surface area contributed by atoms with Crippen LogP contribution in [0.4, 0.5) is 0 Å². The summed E-state index contributed by atoms with van der Waals surface area (Å²) in [6, 6.07) is 21.0. The van der Waals surface area contributed by atoms with Crippen molar-refractivity contribution in [1.82, 2.24) is 0 Å². The quantitative estimate of drug-likeness (QED) is 0.524. The SMILES string of the molecule is O=S(Cc1ccc(Cl)cc1)CC(O)(c1ccc(Cl)cc1)c1ccc(Cl)cc1. The first kappa shape index (κ1) is 20.4. The first-order valence-electron chi connectivity index (χ1n) is 8.21. The number of rotatable bonds is 6. The molecule has 3 rings (SSSR count). The monoisotopic (exact) mass is 438 g/mol. The molecule has 140 valence electrons. The first-order chi connectivity index (χ1) is 12.9. The van der Waals surface area contributed by atoms with E-state index in [4.69, 9.17) is 34.8 Å². The van der Waals surface area contributed by atoms with Gasteiger partial charge in [0.1, 0.15) is 5.60 Å². The van der Waals surface area contributed by atoms with Crippen molar-refractivity contribution in [1.29, 1.82) is 0 Å². The third-order valence-corrected chi connectivity index (χ3v) is 6.41. The highest BCUT2D eigenvalue weighted by atomic mass is 35.5. The van der Waals surface area contributed by atoms with Crippen LogP contribution in [0.15, 0.2) is 72.8 Å². The van der Waals surface area contributed by atoms with Crippen molar-refractivity contribution < 1.29 is 9.32 Å². The van der Waals surface area contributed by atoms with E-state index in [0.717, 1.165) is 5.56 Å². The summed E-state index contributed by atoms with van der Waals surface area (Å²) < 4.78 is 12.9. The summed E-state index contributed by atoms with van der Waals surface area (Å²) in [6.07, 6.45) is 0. The smallest absolute Gasteiger partial charge is 0.126 e. The van der Waals surface area contributed by atoms with E-state index >= 15 is 0 Å². The van der Waals surface area contributed by atoms with Crippen LogP contribution in [0.25, 0.3) is 0 Å². The number of aliphatic hydroxyl groups is 1. The van der Waals surface area contributed by atoms with E-state index in [1.165, 1.54) is 0 Å². The minimum Gasteiger partial charge on any atom is -0.379 e. The predicted molar refractivity (Wildman–Crippen MR) is 114 cm³/mol. The Kier molecular flexibility index (Phi) is 6.61.